The quantitative estimate of drug-likeness (QED) is 0.0149. The van der Waals surface area contributed by atoms with Crippen molar-refractivity contribution in [3.63, 3.8) is 0 Å². The van der Waals surface area contributed by atoms with E-state index in [0.29, 0.717) is 107 Å². The van der Waals surface area contributed by atoms with E-state index in [-0.39, 0.29) is 191 Å². The van der Waals surface area contributed by atoms with E-state index in [9.17, 15) is 89.4 Å². The first-order chi connectivity index (χ1) is 62.0. The van der Waals surface area contributed by atoms with Gasteiger partial charge in [0.05, 0.1) is 61.5 Å². The van der Waals surface area contributed by atoms with Crippen LogP contribution in [-0.4, -0.2) is 196 Å². The number of esters is 1. The van der Waals surface area contributed by atoms with E-state index in [2.05, 4.69) is 83.0 Å². The van der Waals surface area contributed by atoms with Crippen molar-refractivity contribution in [1.82, 2.24) is 16.0 Å². The molecule has 14 rings (SSSR count). The molecule has 28 nitrogen and oxygen atoms in total. The van der Waals surface area contributed by atoms with Crippen LogP contribution in [0.1, 0.15) is 292 Å². The minimum atomic E-state index is -1.08. The molecule has 5 unspecified atom stereocenters. The van der Waals surface area contributed by atoms with Crippen molar-refractivity contribution >= 4 is 48.1 Å². The number of carbonyl (C=O) groups excluding carboxylic acids is 5. The number of hydrogen-bond acceptors (Lipinski definition) is 22. The van der Waals surface area contributed by atoms with Gasteiger partial charge in [0.15, 0.2) is 0 Å². The fraction of sp³-hybridized carbons (Fsp3) is 0.806. The number of ether oxygens (including phenoxy) is 4. The molecular formula is C103H162N4O24. The number of nitrogens with one attached hydrogen (secondary N) is 3. The van der Waals surface area contributed by atoms with E-state index in [1.807, 2.05) is 60.7 Å². The molecule has 17 N–H and O–H groups in total. The summed E-state index contributed by atoms with van der Waals surface area (Å²) in [6.45, 7) is 23.1. The Hall–Kier alpha value is -6.60. The number of carboxylic acid groups (broad SMARTS) is 3. The molecule has 35 atom stereocenters. The maximum atomic E-state index is 12.9. The topological polar surface area (TPSA) is 478 Å². The van der Waals surface area contributed by atoms with Crippen molar-refractivity contribution in [2.45, 2.75) is 361 Å². The van der Waals surface area contributed by atoms with Gasteiger partial charge < -0.3 is 102 Å². The minimum Gasteiger partial charge on any atom is -0.481 e. The molecule has 0 spiro atoms. The highest BCUT2D eigenvalue weighted by Crippen LogP contribution is 2.72. The molecule has 28 heteroatoms. The van der Waals surface area contributed by atoms with Gasteiger partial charge in [-0.1, -0.05) is 123 Å². The maximum Gasteiger partial charge on any atom is 0.516 e. The van der Waals surface area contributed by atoms with Crippen LogP contribution >= 0.6 is 0 Å². The van der Waals surface area contributed by atoms with E-state index in [1.165, 1.54) is 0 Å². The smallest absolute Gasteiger partial charge is 0.481 e. The molecule has 12 fully saturated rings. The second-order valence-electron chi connectivity index (χ2n) is 44.0. The Morgan fingerprint density at radius 1 is 0.420 bits per heavy atom. The molecule has 0 saturated heterocycles. The van der Waals surface area contributed by atoms with Gasteiger partial charge in [0.2, 0.25) is 5.91 Å². The Labute approximate surface area is 776 Å². The van der Waals surface area contributed by atoms with Gasteiger partial charge >= 0.3 is 42.2 Å². The summed E-state index contributed by atoms with van der Waals surface area (Å²) in [4.78, 5) is 93.2. The predicted octanol–water partition coefficient (Wildman–Crippen LogP) is 14.0. The number of unbranched alkanes of at least 4 members (excludes halogenated alkanes) is 2. The predicted molar refractivity (Wildman–Crippen MR) is 490 cm³/mol. The van der Waals surface area contributed by atoms with Gasteiger partial charge in [-0.2, -0.15) is 0 Å². The second-order valence-corrected chi connectivity index (χ2v) is 44.0. The van der Waals surface area contributed by atoms with Crippen LogP contribution in [0.5, 0.6) is 0 Å². The monoisotopic (exact) mass is 1840 g/mol. The molecule has 0 heterocycles. The number of alkyl carbamates (subject to hydrolysis) is 2. The third-order valence-electron chi connectivity index (χ3n) is 37.2. The number of hydrogen-bond donors (Lipinski definition) is 16. The normalized spacial score (nSPS) is 39.1. The van der Waals surface area contributed by atoms with E-state index in [1.54, 1.807) is 6.92 Å². The number of amides is 3. The first-order valence-corrected chi connectivity index (χ1v) is 50.2. The zero-order valence-corrected chi connectivity index (χ0v) is 79.7. The molecule has 0 bridgehead atoms. The molecule has 12 aliphatic rings. The number of aliphatic carboxylic acids is 3. The average Bonchev–Trinajstić information content (AvgIpc) is 1.64. The van der Waals surface area contributed by atoms with Crippen molar-refractivity contribution in [2.24, 2.45) is 145 Å². The Morgan fingerprint density at radius 2 is 0.779 bits per heavy atom. The molecule has 0 aliphatic heterocycles. The van der Waals surface area contributed by atoms with Crippen LogP contribution in [0.15, 0.2) is 60.7 Å². The number of rotatable bonds is 30. The third kappa shape index (κ3) is 23.8. The molecule has 0 radical (unpaired) electrons. The zero-order valence-electron chi connectivity index (χ0n) is 79.7. The summed E-state index contributed by atoms with van der Waals surface area (Å²) >= 11 is 0. The van der Waals surface area contributed by atoms with Crippen molar-refractivity contribution < 1.29 is 119 Å². The molecule has 2 aromatic rings. The number of carboxylic acids is 3. The number of nitrogens with two attached hydrogens (primary N) is 1. The highest BCUT2D eigenvalue weighted by Gasteiger charge is 2.70. The number of aliphatic hydroxyl groups is 9. The number of fused-ring (bicyclic) bond motifs is 15. The van der Waals surface area contributed by atoms with Gasteiger partial charge in [-0.05, 0) is 350 Å². The summed E-state index contributed by atoms with van der Waals surface area (Å²) in [5, 5.41) is 135. The first-order valence-electron chi connectivity index (χ1n) is 50.2. The van der Waals surface area contributed by atoms with Gasteiger partial charge in [0.25, 0.3) is 0 Å². The lowest BCUT2D eigenvalue weighted by Crippen LogP contribution is -2.62. The Kier molecular flexibility index (Phi) is 36.5. The van der Waals surface area contributed by atoms with Crippen LogP contribution in [0.2, 0.25) is 0 Å². The second kappa shape index (κ2) is 45.6. The molecule has 12 saturated carbocycles. The SMILES string of the molecule is CCOC(=O)OC(=O)CC[C@@H](C)[C@H]1CCC2[C@@H]3[C@H](O)C[C@@H]4C[C@H](O)CC[C@]4(C)[C@H]3C[C@H](O)[C@@]21C.C[C@H](CCC(=O)NC(CCCCNC(=O)OCc1ccccc1)C(=O)O)[C@H]1CCC2[C@@H]3[C@H](O)C[C@@H]4C[C@H](O)CC[C@]4(C)[C@H]3C[C@H](O)[C@@]21C.C[C@H](CCC(=O)O)[C@H]1CCC2[C@@H]3[C@H](O)C[C@@H]4C[C@H](O)CC[C@]4(C)[C@H]3C[C@H](O)[C@@]21C.NC(CCCCNC(=O)OCc1ccccc1)C(=O)O. The van der Waals surface area contributed by atoms with E-state index in [4.69, 9.17) is 30.2 Å². The fourth-order valence-electron chi connectivity index (χ4n) is 29.9. The van der Waals surface area contributed by atoms with E-state index in [0.717, 1.165) is 133 Å². The van der Waals surface area contributed by atoms with Gasteiger partial charge in [0.1, 0.15) is 25.3 Å². The standard InChI is InChI=1S/C38H58N2O8.C27H44O7.C24H40O5.C14H20N2O4/c1-23(12-15-33(44)40-30(35(45)46)11-7-8-18-39-36(47)48-22-24-9-5-4-6-10-24)27-13-14-28-34-29(21-32(43)38(27,28)3)37(2)17-16-26(41)19-25(37)20-31(34)42;1-5-33-25(32)34-23(31)9-6-15(2)18-7-8-19-24-20(14-22(30)27(18,19)4)26(3)11-10-17(28)12-16(26)13-21(24)29;1-13(4-7-21(28)29)16-5-6-17-22-18(12-20(27)24(16,17)3)23(2)9-8-15(25)10-14(23)11-19(22)26;15-12(13(17)18)8-4-5-9-16-14(19)20-10-11-6-2-1-3-7-11/h4-6,9-10,23,25-32,34,41-43H,7-8,11-22H2,1-3H3,(H,39,47)(H,40,44)(H,45,46);15-22,24,28-30H,5-14H2,1-4H3;13-20,22,25-27H,4-12H2,1-3H3,(H,28,29);1-3,6-7,12H,4-5,8-10,15H2,(H,16,19)(H,17,18)/t23-,25+,26-,27-,28?,29+,30?,31-,32+,34+,37+,38-;15-,16+,17-,18-,19?,20+,21-,22+,24+,26+,27-;13-,14+,15-,16-,17?,18+,19-,20+,22+,23+,24-;/m111./s1. The molecular weight excluding hydrogens is 1680 g/mol. The van der Waals surface area contributed by atoms with E-state index < -0.39 is 78.7 Å². The van der Waals surface area contributed by atoms with Crippen molar-refractivity contribution in [3.8, 4) is 0 Å². The third-order valence-corrected chi connectivity index (χ3v) is 37.2. The largest absolute Gasteiger partial charge is 0.516 e. The highest BCUT2D eigenvalue weighted by molar-refractivity contribution is 5.83. The Morgan fingerprint density at radius 3 is 1.13 bits per heavy atom. The van der Waals surface area contributed by atoms with Crippen LogP contribution in [0.3, 0.4) is 0 Å². The number of carbonyl (C=O) groups is 8. The molecule has 131 heavy (non-hydrogen) atoms. The molecule has 0 aromatic heterocycles. The van der Waals surface area contributed by atoms with Gasteiger partial charge in [-0.25, -0.2) is 19.2 Å². The van der Waals surface area contributed by atoms with Gasteiger partial charge in [-0.3, -0.25) is 19.2 Å². The number of benzene rings is 2. The summed E-state index contributed by atoms with van der Waals surface area (Å²) < 4.78 is 19.6. The molecule has 2 aromatic carbocycles. The lowest BCUT2D eigenvalue weighted by molar-refractivity contribution is -0.207. The first kappa shape index (κ1) is 105. The summed E-state index contributed by atoms with van der Waals surface area (Å²) in [6.07, 6.45) is 18.0. The minimum absolute atomic E-state index is 0.0266. The lowest BCUT2D eigenvalue weighted by Gasteiger charge is -2.63. The summed E-state index contributed by atoms with van der Waals surface area (Å²) in [7, 11) is 0. The van der Waals surface area contributed by atoms with Gasteiger partial charge in [-0.15, -0.1) is 0 Å². The van der Waals surface area contributed by atoms with Crippen molar-refractivity contribution in [3.05, 3.63) is 71.8 Å². The summed E-state index contributed by atoms with van der Waals surface area (Å²) in [5.41, 5.74) is 6.47. The van der Waals surface area contributed by atoms with Crippen molar-refractivity contribution in [2.75, 3.05) is 19.7 Å². The van der Waals surface area contributed by atoms with Gasteiger partial charge in [0, 0.05) is 32.4 Å². The van der Waals surface area contributed by atoms with Crippen molar-refractivity contribution in [1.29, 1.82) is 0 Å². The van der Waals surface area contributed by atoms with Crippen LogP contribution in [0.25, 0.3) is 0 Å². The average molecular weight is 1840 g/mol. The van der Waals surface area contributed by atoms with Crippen LogP contribution in [0.4, 0.5) is 14.4 Å². The summed E-state index contributed by atoms with van der Waals surface area (Å²) in [5.74, 6) is 0.734. The summed E-state index contributed by atoms with van der Waals surface area (Å²) in [6, 6.07) is 16.9. The van der Waals surface area contributed by atoms with E-state index >= 15 is 0 Å². The molecule has 3 amide bonds. The molecule has 738 valence electrons. The lowest BCUT2D eigenvalue weighted by atomic mass is 9.43. The molecule has 12 aliphatic carbocycles. The van der Waals surface area contributed by atoms with Crippen LogP contribution in [-0.2, 0) is 56.1 Å². The zero-order chi connectivity index (χ0) is 95.4. The Bertz CT molecular complexity index is 4070. The maximum absolute atomic E-state index is 12.9. The van der Waals surface area contributed by atoms with Crippen LogP contribution < -0.4 is 21.7 Å². The van der Waals surface area contributed by atoms with Crippen LogP contribution in [0, 0.1) is 139 Å². The number of aliphatic hydroxyl groups excluding tert-OH is 9. The Balaban J connectivity index is 0.000000176. The fourth-order valence-corrected chi connectivity index (χ4v) is 29.9. The highest BCUT2D eigenvalue weighted by atomic mass is 16.7.